The van der Waals surface area contributed by atoms with Crippen molar-refractivity contribution in [3.8, 4) is 11.5 Å². The van der Waals surface area contributed by atoms with Crippen LogP contribution in [0.5, 0.6) is 11.5 Å². The van der Waals surface area contributed by atoms with E-state index in [1.807, 2.05) is 12.1 Å². The Bertz CT molecular complexity index is 1420. The van der Waals surface area contributed by atoms with Crippen LogP contribution in [0.2, 0.25) is 0 Å². The average molecular weight is 542 g/mol. The molecule has 0 fully saturated rings. The molecule has 0 radical (unpaired) electrons. The van der Waals surface area contributed by atoms with Gasteiger partial charge >= 0.3 is 0 Å². The number of hydrogen-bond donors (Lipinski definition) is 2. The van der Waals surface area contributed by atoms with Gasteiger partial charge in [-0.25, -0.2) is 9.37 Å². The fourth-order valence-electron chi connectivity index (χ4n) is 3.41. The second kappa shape index (κ2) is 9.40. The smallest absolute Gasteiger partial charge is 0.265 e. The first-order chi connectivity index (χ1) is 16.5. The topological polar surface area (TPSA) is 89.6 Å². The Balaban J connectivity index is 1.32. The van der Waals surface area contributed by atoms with E-state index >= 15 is 0 Å². The van der Waals surface area contributed by atoms with Gasteiger partial charge in [0.25, 0.3) is 11.8 Å². The molecule has 0 spiro atoms. The molecule has 0 aliphatic carbocycles. The van der Waals surface area contributed by atoms with Gasteiger partial charge in [-0.2, -0.15) is 0 Å². The van der Waals surface area contributed by atoms with Gasteiger partial charge in [0.2, 0.25) is 0 Å². The van der Waals surface area contributed by atoms with Gasteiger partial charge in [-0.15, -0.1) is 11.3 Å². The molecule has 0 bridgehead atoms. The maximum absolute atomic E-state index is 14.4. The molecule has 34 heavy (non-hydrogen) atoms. The van der Waals surface area contributed by atoms with Crippen LogP contribution in [0.4, 0.5) is 15.8 Å². The Morgan fingerprint density at radius 1 is 0.971 bits per heavy atom. The molecule has 2 aromatic carbocycles. The highest BCUT2D eigenvalue weighted by Gasteiger charge is 2.17. The summed E-state index contributed by atoms with van der Waals surface area (Å²) in [5, 5.41) is 6.74. The number of thiophene rings is 1. The number of rotatable bonds is 5. The molecule has 10 heteroatoms. The Morgan fingerprint density at radius 2 is 1.79 bits per heavy atom. The van der Waals surface area contributed by atoms with Crippen molar-refractivity contribution in [2.24, 2.45) is 0 Å². The summed E-state index contributed by atoms with van der Waals surface area (Å²) in [5.41, 5.74) is 1.50. The number of ether oxygens (including phenoxy) is 2. The second-order valence-corrected chi connectivity index (χ2v) is 8.99. The highest BCUT2D eigenvalue weighted by molar-refractivity contribution is 9.08. The number of nitrogens with zero attached hydrogens (tertiary/aromatic N) is 1. The molecule has 0 unspecified atom stereocenters. The molecule has 0 atom stereocenters. The van der Waals surface area contributed by atoms with Crippen molar-refractivity contribution in [2.75, 3.05) is 23.8 Å². The van der Waals surface area contributed by atoms with Crippen molar-refractivity contribution in [1.82, 2.24) is 4.98 Å². The van der Waals surface area contributed by atoms with E-state index in [0.717, 1.165) is 15.9 Å². The van der Waals surface area contributed by atoms with Crippen LogP contribution >= 0.6 is 27.3 Å². The Morgan fingerprint density at radius 3 is 2.62 bits per heavy atom. The number of carbonyl (C=O) groups is 2. The third kappa shape index (κ3) is 4.59. The number of halogens is 2. The molecular weight excluding hydrogens is 525 g/mol. The molecule has 2 N–H and O–H groups in total. The van der Waals surface area contributed by atoms with Crippen molar-refractivity contribution in [1.29, 1.82) is 0 Å². The maximum Gasteiger partial charge on any atom is 0.265 e. The minimum atomic E-state index is -0.619. The first kappa shape index (κ1) is 22.3. The van der Waals surface area contributed by atoms with Crippen LogP contribution in [0.15, 0.2) is 54.6 Å². The molecule has 1 aliphatic rings. The van der Waals surface area contributed by atoms with Crippen LogP contribution in [0.25, 0.3) is 10.2 Å². The Labute approximate surface area is 206 Å². The number of hydrogen-bond acceptors (Lipinski definition) is 6. The van der Waals surface area contributed by atoms with E-state index in [1.54, 1.807) is 24.3 Å². The zero-order valence-corrected chi connectivity index (χ0v) is 20.0. The van der Waals surface area contributed by atoms with E-state index in [4.69, 9.17) is 9.47 Å². The molecule has 0 saturated carbocycles. The number of amides is 2. The van der Waals surface area contributed by atoms with Crippen LogP contribution in [0.3, 0.4) is 0 Å². The number of nitrogens with one attached hydrogen (secondary N) is 2. The molecule has 0 saturated heterocycles. The van der Waals surface area contributed by atoms with Crippen LogP contribution in [-0.4, -0.2) is 30.0 Å². The number of fused-ring (bicyclic) bond motifs is 2. The zero-order valence-electron chi connectivity index (χ0n) is 17.6. The molecule has 172 valence electrons. The monoisotopic (exact) mass is 541 g/mol. The largest absolute Gasteiger partial charge is 0.486 e. The fraction of sp³-hybridized carbons (Fsp3) is 0.125. The standard InChI is InChI=1S/C24H17BrFN3O4S/c25-12-16-3-1-14-10-21(34-24(14)28-16)23(31)29-18-11-15(4-5-17(18)26)27-22(30)13-2-6-19-20(9-13)33-8-7-32-19/h1-6,9-11H,7-8,12H2,(H,27,30)(H,29,31). The minimum Gasteiger partial charge on any atom is -0.486 e. The number of carbonyl (C=O) groups excluding carboxylic acids is 2. The summed E-state index contributed by atoms with van der Waals surface area (Å²) in [6.45, 7) is 0.866. The molecular formula is C24H17BrFN3O4S. The number of anilines is 2. The van der Waals surface area contributed by atoms with Crippen molar-refractivity contribution < 1.29 is 23.5 Å². The Kier molecular flexibility index (Phi) is 6.16. The van der Waals surface area contributed by atoms with Crippen molar-refractivity contribution in [2.45, 2.75) is 5.33 Å². The number of alkyl halides is 1. The van der Waals surface area contributed by atoms with Crippen LogP contribution in [0, 0.1) is 5.82 Å². The summed E-state index contributed by atoms with van der Waals surface area (Å²) < 4.78 is 25.4. The van der Waals surface area contributed by atoms with Gasteiger partial charge in [0.15, 0.2) is 11.5 Å². The molecule has 5 rings (SSSR count). The summed E-state index contributed by atoms with van der Waals surface area (Å²) in [4.78, 5) is 31.1. The van der Waals surface area contributed by atoms with E-state index in [9.17, 15) is 14.0 Å². The van der Waals surface area contributed by atoms with E-state index in [-0.39, 0.29) is 5.69 Å². The van der Waals surface area contributed by atoms with Crippen LogP contribution < -0.4 is 20.1 Å². The summed E-state index contributed by atoms with van der Waals surface area (Å²) in [5.74, 6) is -0.412. The van der Waals surface area contributed by atoms with E-state index in [0.29, 0.717) is 46.2 Å². The minimum absolute atomic E-state index is 0.0449. The normalized spacial score (nSPS) is 12.4. The van der Waals surface area contributed by atoms with Crippen molar-refractivity contribution in [3.63, 3.8) is 0 Å². The molecule has 2 aromatic heterocycles. The fourth-order valence-corrected chi connectivity index (χ4v) is 4.67. The zero-order chi connectivity index (χ0) is 23.7. The van der Waals surface area contributed by atoms with Crippen LogP contribution in [-0.2, 0) is 5.33 Å². The highest BCUT2D eigenvalue weighted by atomic mass is 79.9. The van der Waals surface area contributed by atoms with Gasteiger partial charge in [-0.1, -0.05) is 22.0 Å². The third-order valence-electron chi connectivity index (χ3n) is 5.08. The molecule has 3 heterocycles. The van der Waals surface area contributed by atoms with Gasteiger partial charge < -0.3 is 20.1 Å². The lowest BCUT2D eigenvalue weighted by molar-refractivity contribution is 0.102. The molecule has 1 aliphatic heterocycles. The summed E-state index contributed by atoms with van der Waals surface area (Å²) in [6.07, 6.45) is 0. The predicted molar refractivity (Wildman–Crippen MR) is 132 cm³/mol. The second-order valence-electron chi connectivity index (χ2n) is 7.40. The number of benzene rings is 2. The van der Waals surface area contributed by atoms with Gasteiger partial charge in [0.1, 0.15) is 23.9 Å². The predicted octanol–water partition coefficient (Wildman–Crippen LogP) is 5.61. The lowest BCUT2D eigenvalue weighted by Crippen LogP contribution is -2.17. The van der Waals surface area contributed by atoms with Gasteiger partial charge in [-0.05, 0) is 48.5 Å². The van der Waals surface area contributed by atoms with Crippen LogP contribution in [0.1, 0.15) is 25.7 Å². The number of aromatic nitrogens is 1. The SMILES string of the molecule is O=C(Nc1ccc(F)c(NC(=O)c2cc3ccc(CBr)nc3s2)c1)c1ccc2c(c1)OCCO2. The van der Waals surface area contributed by atoms with E-state index in [1.165, 1.54) is 29.5 Å². The first-order valence-electron chi connectivity index (χ1n) is 10.3. The lowest BCUT2D eigenvalue weighted by Gasteiger charge is -2.18. The molecule has 7 nitrogen and oxygen atoms in total. The molecule has 2 amide bonds. The van der Waals surface area contributed by atoms with Gasteiger partial charge in [0.05, 0.1) is 16.3 Å². The van der Waals surface area contributed by atoms with E-state index < -0.39 is 17.6 Å². The highest BCUT2D eigenvalue weighted by Crippen LogP contribution is 2.31. The van der Waals surface area contributed by atoms with Gasteiger partial charge in [0, 0.05) is 22.0 Å². The van der Waals surface area contributed by atoms with E-state index in [2.05, 4.69) is 31.5 Å². The van der Waals surface area contributed by atoms with Crippen molar-refractivity contribution >= 4 is 60.7 Å². The van der Waals surface area contributed by atoms with Crippen molar-refractivity contribution in [3.05, 3.63) is 76.5 Å². The number of pyridine rings is 1. The maximum atomic E-state index is 14.4. The Hall–Kier alpha value is -3.50. The average Bonchev–Trinajstić information content (AvgIpc) is 3.29. The quantitative estimate of drug-likeness (QED) is 0.321. The summed E-state index contributed by atoms with van der Waals surface area (Å²) in [6, 6.07) is 14.3. The summed E-state index contributed by atoms with van der Waals surface area (Å²) >= 11 is 4.59. The summed E-state index contributed by atoms with van der Waals surface area (Å²) in [7, 11) is 0. The van der Waals surface area contributed by atoms with Gasteiger partial charge in [-0.3, -0.25) is 9.59 Å². The lowest BCUT2D eigenvalue weighted by atomic mass is 10.1. The molecule has 4 aromatic rings. The first-order valence-corrected chi connectivity index (χ1v) is 12.2. The third-order valence-corrected chi connectivity index (χ3v) is 6.70.